The van der Waals surface area contributed by atoms with Crippen molar-refractivity contribution in [2.45, 2.75) is 0 Å². The summed E-state index contributed by atoms with van der Waals surface area (Å²) in [5, 5.41) is 0.0854. The topological polar surface area (TPSA) is 25.8 Å². The normalized spacial score (nSPS) is 10.3. The zero-order chi connectivity index (χ0) is 10.8. The van der Waals surface area contributed by atoms with Crippen molar-refractivity contribution in [1.82, 2.24) is 9.97 Å². The Balaban J connectivity index is 2.50. The lowest BCUT2D eigenvalue weighted by Crippen LogP contribution is -1.86. The van der Waals surface area contributed by atoms with Gasteiger partial charge in [-0.15, -0.1) is 0 Å². The molecule has 0 aliphatic heterocycles. The number of hydrogen-bond acceptors (Lipinski definition) is 2. The summed E-state index contributed by atoms with van der Waals surface area (Å²) in [5.41, 5.74) is 1.45. The zero-order valence-electron chi connectivity index (χ0n) is 7.42. The molecular weight excluding hydrogens is 282 g/mol. The predicted octanol–water partition coefficient (Wildman–Crippen LogP) is 3.70. The minimum atomic E-state index is -0.437. The van der Waals surface area contributed by atoms with Crippen LogP contribution in [0.3, 0.4) is 0 Å². The number of hydrogen-bond donors (Lipinski definition) is 0. The van der Waals surface area contributed by atoms with Crippen molar-refractivity contribution in [3.63, 3.8) is 0 Å². The molecule has 2 rings (SSSR count). The quantitative estimate of drug-likeness (QED) is 0.747. The van der Waals surface area contributed by atoms with Crippen molar-refractivity contribution in [3.8, 4) is 11.3 Å². The molecule has 0 fully saturated rings. The van der Waals surface area contributed by atoms with Gasteiger partial charge >= 0.3 is 0 Å². The number of aromatic nitrogens is 2. The van der Waals surface area contributed by atoms with Crippen LogP contribution in [0.5, 0.6) is 0 Å². The van der Waals surface area contributed by atoms with Crippen LogP contribution in [-0.4, -0.2) is 9.97 Å². The van der Waals surface area contributed by atoms with Crippen LogP contribution in [0.15, 0.2) is 35.2 Å². The molecular formula is C10H5BrClFN2. The van der Waals surface area contributed by atoms with Crippen molar-refractivity contribution in [2.75, 3.05) is 0 Å². The first kappa shape index (κ1) is 10.5. The second-order valence-corrected chi connectivity index (χ2v) is 4.07. The third-order valence-electron chi connectivity index (χ3n) is 1.85. The van der Waals surface area contributed by atoms with Gasteiger partial charge in [-0.25, -0.2) is 14.4 Å². The summed E-state index contributed by atoms with van der Waals surface area (Å²) in [6.45, 7) is 0. The Morgan fingerprint density at radius 1 is 1.20 bits per heavy atom. The average Bonchev–Trinajstić information content (AvgIpc) is 2.22. The smallest absolute Gasteiger partial charge is 0.141 e. The number of benzene rings is 1. The lowest BCUT2D eigenvalue weighted by molar-refractivity contribution is 0.628. The Kier molecular flexibility index (Phi) is 2.98. The van der Waals surface area contributed by atoms with Crippen LogP contribution in [-0.2, 0) is 0 Å². The molecule has 5 heteroatoms. The maximum atomic E-state index is 12.9. The minimum Gasteiger partial charge on any atom is -0.236 e. The zero-order valence-corrected chi connectivity index (χ0v) is 9.76. The van der Waals surface area contributed by atoms with E-state index < -0.39 is 5.82 Å². The summed E-state index contributed by atoms with van der Waals surface area (Å²) >= 11 is 8.91. The molecule has 1 aromatic carbocycles. The van der Waals surface area contributed by atoms with Gasteiger partial charge in [-0.3, -0.25) is 0 Å². The van der Waals surface area contributed by atoms with Crippen molar-refractivity contribution in [2.24, 2.45) is 0 Å². The van der Waals surface area contributed by atoms with Crippen molar-refractivity contribution < 1.29 is 4.39 Å². The van der Waals surface area contributed by atoms with Crippen LogP contribution < -0.4 is 0 Å². The highest BCUT2D eigenvalue weighted by atomic mass is 79.9. The van der Waals surface area contributed by atoms with Gasteiger partial charge < -0.3 is 0 Å². The molecule has 0 amide bonds. The van der Waals surface area contributed by atoms with E-state index in [-0.39, 0.29) is 5.02 Å². The lowest BCUT2D eigenvalue weighted by Gasteiger charge is -2.01. The standard InChI is InChI=1S/C10H5BrClFN2/c11-10-4-9(14-5-15-10)6-1-2-8(13)7(12)3-6/h1-5H. The van der Waals surface area contributed by atoms with E-state index in [9.17, 15) is 4.39 Å². The molecule has 0 saturated heterocycles. The number of rotatable bonds is 1. The van der Waals surface area contributed by atoms with E-state index in [1.54, 1.807) is 12.1 Å². The Bertz CT molecular complexity index is 505. The van der Waals surface area contributed by atoms with E-state index in [1.165, 1.54) is 18.5 Å². The summed E-state index contributed by atoms with van der Waals surface area (Å²) in [7, 11) is 0. The molecule has 0 saturated carbocycles. The summed E-state index contributed by atoms with van der Waals surface area (Å²) in [6.07, 6.45) is 1.43. The molecule has 0 atom stereocenters. The molecule has 2 aromatic rings. The second-order valence-electron chi connectivity index (χ2n) is 2.85. The SMILES string of the molecule is Fc1ccc(-c2cc(Br)ncn2)cc1Cl. The highest BCUT2D eigenvalue weighted by Crippen LogP contribution is 2.24. The molecule has 76 valence electrons. The largest absolute Gasteiger partial charge is 0.236 e. The first-order chi connectivity index (χ1) is 7.16. The van der Waals surface area contributed by atoms with Gasteiger partial charge in [0, 0.05) is 5.56 Å². The van der Waals surface area contributed by atoms with Gasteiger partial charge in [-0.05, 0) is 40.2 Å². The molecule has 15 heavy (non-hydrogen) atoms. The number of halogens is 3. The summed E-state index contributed by atoms with van der Waals surface area (Å²) in [4.78, 5) is 7.96. The molecule has 0 aliphatic rings. The first-order valence-corrected chi connectivity index (χ1v) is 5.27. The molecule has 1 aromatic heterocycles. The van der Waals surface area contributed by atoms with Gasteiger partial charge in [0.05, 0.1) is 10.7 Å². The van der Waals surface area contributed by atoms with Gasteiger partial charge in [0.2, 0.25) is 0 Å². The van der Waals surface area contributed by atoms with Crippen LogP contribution in [0.1, 0.15) is 0 Å². The molecule has 0 bridgehead atoms. The highest BCUT2D eigenvalue weighted by Gasteiger charge is 2.04. The molecule has 1 heterocycles. The van der Waals surface area contributed by atoms with E-state index in [0.29, 0.717) is 10.3 Å². The third kappa shape index (κ3) is 2.33. The Morgan fingerprint density at radius 3 is 2.67 bits per heavy atom. The Morgan fingerprint density at radius 2 is 2.00 bits per heavy atom. The first-order valence-electron chi connectivity index (χ1n) is 4.10. The molecule has 0 N–H and O–H groups in total. The van der Waals surface area contributed by atoms with Crippen LogP contribution >= 0.6 is 27.5 Å². The van der Waals surface area contributed by atoms with Gasteiger partial charge in [-0.2, -0.15) is 0 Å². The van der Waals surface area contributed by atoms with Crippen molar-refractivity contribution in [1.29, 1.82) is 0 Å². The summed E-state index contributed by atoms with van der Waals surface area (Å²) in [5.74, 6) is -0.437. The summed E-state index contributed by atoms with van der Waals surface area (Å²) in [6, 6.07) is 6.21. The third-order valence-corrected chi connectivity index (χ3v) is 2.57. The maximum Gasteiger partial charge on any atom is 0.141 e. The van der Waals surface area contributed by atoms with E-state index in [2.05, 4.69) is 25.9 Å². The van der Waals surface area contributed by atoms with Crippen molar-refractivity contribution in [3.05, 3.63) is 46.0 Å². The minimum absolute atomic E-state index is 0.0854. The van der Waals surface area contributed by atoms with Crippen LogP contribution in [0.2, 0.25) is 5.02 Å². The highest BCUT2D eigenvalue weighted by molar-refractivity contribution is 9.10. The fraction of sp³-hybridized carbons (Fsp3) is 0. The monoisotopic (exact) mass is 286 g/mol. The number of nitrogens with zero attached hydrogens (tertiary/aromatic N) is 2. The van der Waals surface area contributed by atoms with Gasteiger partial charge in [0.15, 0.2) is 0 Å². The molecule has 2 nitrogen and oxygen atoms in total. The lowest BCUT2D eigenvalue weighted by atomic mass is 10.1. The fourth-order valence-electron chi connectivity index (χ4n) is 1.15. The summed E-state index contributed by atoms with van der Waals surface area (Å²) < 4.78 is 13.6. The van der Waals surface area contributed by atoms with E-state index in [1.807, 2.05) is 0 Å². The molecule has 0 aliphatic carbocycles. The fourth-order valence-corrected chi connectivity index (χ4v) is 1.64. The molecule has 0 radical (unpaired) electrons. The van der Waals surface area contributed by atoms with E-state index >= 15 is 0 Å². The van der Waals surface area contributed by atoms with Crippen molar-refractivity contribution >= 4 is 27.5 Å². The van der Waals surface area contributed by atoms with Gasteiger partial charge in [-0.1, -0.05) is 11.6 Å². The molecule has 0 spiro atoms. The Hall–Kier alpha value is -1.00. The van der Waals surface area contributed by atoms with Gasteiger partial charge in [0.1, 0.15) is 16.7 Å². The predicted molar refractivity (Wildman–Crippen MR) is 60.1 cm³/mol. The van der Waals surface area contributed by atoms with Crippen LogP contribution in [0, 0.1) is 5.82 Å². The Labute approximate surface area is 99.3 Å². The maximum absolute atomic E-state index is 12.9. The van der Waals surface area contributed by atoms with E-state index in [4.69, 9.17) is 11.6 Å². The van der Waals surface area contributed by atoms with Gasteiger partial charge in [0.25, 0.3) is 0 Å². The van der Waals surface area contributed by atoms with Crippen LogP contribution in [0.25, 0.3) is 11.3 Å². The average molecular weight is 288 g/mol. The van der Waals surface area contributed by atoms with Crippen LogP contribution in [0.4, 0.5) is 4.39 Å². The second kappa shape index (κ2) is 4.24. The van der Waals surface area contributed by atoms with E-state index in [0.717, 1.165) is 5.56 Å². The molecule has 0 unspecified atom stereocenters.